The second-order valence-corrected chi connectivity index (χ2v) is 5.09. The lowest BCUT2D eigenvalue weighted by molar-refractivity contribution is -0.182. The lowest BCUT2D eigenvalue weighted by Gasteiger charge is -2.31. The monoisotopic (exact) mass is 297 g/mol. The number of hydrogen-bond acceptors (Lipinski definition) is 2. The molecule has 1 aliphatic carbocycles. The largest absolute Gasteiger partial charge is 0.391 e. The van der Waals surface area contributed by atoms with Crippen molar-refractivity contribution in [3.05, 3.63) is 12.4 Å². The Hall–Kier alpha value is -1.34. The molecule has 1 aliphatic rings. The van der Waals surface area contributed by atoms with Crippen LogP contribution in [0.4, 0.5) is 27.6 Å². The van der Waals surface area contributed by atoms with Crippen molar-refractivity contribution in [1.82, 2.24) is 9.78 Å². The van der Waals surface area contributed by atoms with Gasteiger partial charge in [-0.2, -0.15) is 18.3 Å². The van der Waals surface area contributed by atoms with Gasteiger partial charge in [0, 0.05) is 12.2 Å². The van der Waals surface area contributed by atoms with Crippen molar-refractivity contribution < 1.29 is 22.0 Å². The van der Waals surface area contributed by atoms with Crippen molar-refractivity contribution in [1.29, 1.82) is 0 Å². The van der Waals surface area contributed by atoms with E-state index in [1.807, 2.05) is 0 Å². The highest BCUT2D eigenvalue weighted by atomic mass is 19.4. The van der Waals surface area contributed by atoms with Gasteiger partial charge in [0.15, 0.2) is 0 Å². The molecule has 1 aromatic rings. The normalized spacial score (nSPS) is 24.1. The third-order valence-corrected chi connectivity index (χ3v) is 3.47. The summed E-state index contributed by atoms with van der Waals surface area (Å²) in [5.74, 6) is -1.29. The number of halogens is 5. The predicted molar refractivity (Wildman–Crippen MR) is 63.7 cm³/mol. The van der Waals surface area contributed by atoms with E-state index in [1.165, 1.54) is 12.4 Å². The van der Waals surface area contributed by atoms with Gasteiger partial charge in [0.05, 0.1) is 17.8 Å². The highest BCUT2D eigenvalue weighted by Crippen LogP contribution is 2.38. The minimum atomic E-state index is -4.17. The number of aromatic nitrogens is 2. The summed E-state index contributed by atoms with van der Waals surface area (Å²) >= 11 is 0. The van der Waals surface area contributed by atoms with Crippen LogP contribution < -0.4 is 5.32 Å². The summed E-state index contributed by atoms with van der Waals surface area (Å²) in [5.41, 5.74) is 0.485. The van der Waals surface area contributed by atoms with E-state index in [4.69, 9.17) is 0 Å². The topological polar surface area (TPSA) is 29.9 Å². The van der Waals surface area contributed by atoms with Gasteiger partial charge in [-0.15, -0.1) is 0 Å². The van der Waals surface area contributed by atoms with Crippen LogP contribution >= 0.6 is 0 Å². The average molecular weight is 297 g/mol. The van der Waals surface area contributed by atoms with Crippen LogP contribution in [-0.4, -0.2) is 28.4 Å². The maximum absolute atomic E-state index is 12.7. The maximum atomic E-state index is 12.7. The van der Waals surface area contributed by atoms with Gasteiger partial charge in [-0.25, -0.2) is 8.78 Å². The summed E-state index contributed by atoms with van der Waals surface area (Å²) in [4.78, 5) is 0. The van der Waals surface area contributed by atoms with Crippen LogP contribution in [0.15, 0.2) is 12.4 Å². The molecule has 3 nitrogen and oxygen atoms in total. The van der Waals surface area contributed by atoms with Crippen LogP contribution in [0.3, 0.4) is 0 Å². The van der Waals surface area contributed by atoms with E-state index < -0.39 is 25.1 Å². The third-order valence-electron chi connectivity index (χ3n) is 3.47. The van der Waals surface area contributed by atoms with E-state index in [9.17, 15) is 22.0 Å². The van der Waals surface area contributed by atoms with Gasteiger partial charge >= 0.3 is 6.18 Å². The van der Waals surface area contributed by atoms with Crippen LogP contribution in [0.1, 0.15) is 25.7 Å². The molecule has 0 radical (unpaired) electrons. The summed E-state index contributed by atoms with van der Waals surface area (Å²) in [5, 5.41) is 6.69. The Morgan fingerprint density at radius 2 is 2.10 bits per heavy atom. The van der Waals surface area contributed by atoms with Gasteiger partial charge in [0.25, 0.3) is 6.43 Å². The molecule has 2 atom stereocenters. The summed E-state index contributed by atoms with van der Waals surface area (Å²) in [6.45, 7) is -0.516. The molecule has 1 aromatic heterocycles. The van der Waals surface area contributed by atoms with Crippen LogP contribution in [0, 0.1) is 5.92 Å². The molecule has 0 saturated heterocycles. The molecule has 0 amide bonds. The first-order valence-corrected chi connectivity index (χ1v) is 6.48. The van der Waals surface area contributed by atoms with E-state index in [0.29, 0.717) is 18.5 Å². The predicted octanol–water partition coefficient (Wildman–Crippen LogP) is 3.68. The molecule has 1 fully saturated rings. The molecular weight excluding hydrogens is 281 g/mol. The van der Waals surface area contributed by atoms with Crippen LogP contribution in [0.5, 0.6) is 0 Å². The Morgan fingerprint density at radius 1 is 1.35 bits per heavy atom. The first kappa shape index (κ1) is 15.1. The molecular formula is C12H16F5N3. The number of rotatable bonds is 4. The molecule has 0 aromatic carbocycles. The zero-order valence-corrected chi connectivity index (χ0v) is 10.7. The first-order chi connectivity index (χ1) is 9.34. The molecule has 0 spiro atoms. The van der Waals surface area contributed by atoms with Gasteiger partial charge in [0.2, 0.25) is 0 Å². The molecule has 0 unspecified atom stereocenters. The van der Waals surface area contributed by atoms with Crippen LogP contribution in [0.25, 0.3) is 0 Å². The van der Waals surface area contributed by atoms with Gasteiger partial charge < -0.3 is 5.32 Å². The molecule has 0 bridgehead atoms. The molecule has 8 heteroatoms. The van der Waals surface area contributed by atoms with E-state index >= 15 is 0 Å². The van der Waals surface area contributed by atoms with Gasteiger partial charge in [-0.3, -0.25) is 4.68 Å². The lowest BCUT2D eigenvalue weighted by atomic mass is 9.85. The zero-order chi connectivity index (χ0) is 14.8. The zero-order valence-electron chi connectivity index (χ0n) is 10.7. The van der Waals surface area contributed by atoms with Crippen molar-refractivity contribution in [2.24, 2.45) is 5.92 Å². The Morgan fingerprint density at radius 3 is 2.75 bits per heavy atom. The van der Waals surface area contributed by atoms with Gasteiger partial charge in [-0.1, -0.05) is 6.42 Å². The summed E-state index contributed by atoms with van der Waals surface area (Å²) in [6, 6.07) is -0.292. The quantitative estimate of drug-likeness (QED) is 0.859. The fraction of sp³-hybridized carbons (Fsp3) is 0.750. The van der Waals surface area contributed by atoms with E-state index in [-0.39, 0.29) is 18.9 Å². The van der Waals surface area contributed by atoms with Crippen LogP contribution in [0.2, 0.25) is 0 Å². The fourth-order valence-electron chi connectivity index (χ4n) is 2.53. The third kappa shape index (κ3) is 4.08. The molecule has 0 aliphatic heterocycles. The van der Waals surface area contributed by atoms with Crippen molar-refractivity contribution >= 4 is 5.69 Å². The molecule has 20 heavy (non-hydrogen) atoms. The SMILES string of the molecule is FC(F)Cn1cc(N[C@@H]2CCC[C@H](C(F)(F)F)C2)cn1. The Bertz CT molecular complexity index is 429. The van der Waals surface area contributed by atoms with Crippen LogP contribution in [-0.2, 0) is 6.54 Å². The second kappa shape index (κ2) is 5.97. The van der Waals surface area contributed by atoms with Crippen molar-refractivity contribution in [2.45, 2.75) is 50.9 Å². The molecule has 1 N–H and O–H groups in total. The van der Waals surface area contributed by atoms with E-state index in [2.05, 4.69) is 10.4 Å². The highest BCUT2D eigenvalue weighted by Gasteiger charge is 2.42. The highest BCUT2D eigenvalue weighted by molar-refractivity contribution is 5.39. The minimum absolute atomic E-state index is 0.0174. The van der Waals surface area contributed by atoms with Gasteiger partial charge in [-0.05, 0) is 19.3 Å². The fourth-order valence-corrected chi connectivity index (χ4v) is 2.53. The molecule has 2 rings (SSSR count). The Labute approximate surface area is 113 Å². The minimum Gasteiger partial charge on any atom is -0.380 e. The smallest absolute Gasteiger partial charge is 0.380 e. The Kier molecular flexibility index (Phi) is 4.49. The number of nitrogens with zero attached hydrogens (tertiary/aromatic N) is 2. The lowest BCUT2D eigenvalue weighted by Crippen LogP contribution is -2.34. The molecule has 114 valence electrons. The van der Waals surface area contributed by atoms with Crippen molar-refractivity contribution in [2.75, 3.05) is 5.32 Å². The molecule has 1 heterocycles. The summed E-state index contributed by atoms with van der Waals surface area (Å²) < 4.78 is 63.4. The number of nitrogens with one attached hydrogen (secondary N) is 1. The molecule has 1 saturated carbocycles. The number of anilines is 1. The van der Waals surface area contributed by atoms with Crippen molar-refractivity contribution in [3.8, 4) is 0 Å². The summed E-state index contributed by atoms with van der Waals surface area (Å²) in [7, 11) is 0. The van der Waals surface area contributed by atoms with Gasteiger partial charge in [0.1, 0.15) is 6.54 Å². The average Bonchev–Trinajstić information content (AvgIpc) is 2.75. The maximum Gasteiger partial charge on any atom is 0.391 e. The standard InChI is InChI=1S/C12H16F5N3/c13-11(14)7-20-6-10(5-18-20)19-9-3-1-2-8(4-9)12(15,16)17/h5-6,8-9,11,19H,1-4,7H2/t8-,9+/m0/s1. The van der Waals surface area contributed by atoms with E-state index in [1.54, 1.807) is 0 Å². The summed E-state index contributed by atoms with van der Waals surface area (Å²) in [6.07, 6.45) is -2.59. The Balaban J connectivity index is 1.91. The van der Waals surface area contributed by atoms with E-state index in [0.717, 1.165) is 4.68 Å². The number of hydrogen-bond donors (Lipinski definition) is 1. The second-order valence-electron chi connectivity index (χ2n) is 5.09. The van der Waals surface area contributed by atoms with Crippen molar-refractivity contribution in [3.63, 3.8) is 0 Å². The number of alkyl halides is 5. The first-order valence-electron chi connectivity index (χ1n) is 6.48.